The van der Waals surface area contributed by atoms with Crippen LogP contribution in [0.3, 0.4) is 0 Å². The van der Waals surface area contributed by atoms with Gasteiger partial charge >= 0.3 is 0 Å². The van der Waals surface area contributed by atoms with Gasteiger partial charge in [-0.3, -0.25) is 4.79 Å². The van der Waals surface area contributed by atoms with Gasteiger partial charge in [0.1, 0.15) is 12.7 Å². The summed E-state index contributed by atoms with van der Waals surface area (Å²) < 4.78 is 1.73. The van der Waals surface area contributed by atoms with E-state index in [0.29, 0.717) is 18.6 Å². The molecule has 1 amide bonds. The van der Waals surface area contributed by atoms with Crippen molar-refractivity contribution >= 4 is 18.3 Å². The van der Waals surface area contributed by atoms with Gasteiger partial charge in [0, 0.05) is 23.7 Å². The molecule has 128 valence electrons. The highest BCUT2D eigenvalue weighted by molar-refractivity contribution is 5.95. The zero-order valence-electron chi connectivity index (χ0n) is 13.4. The Morgan fingerprint density at radius 1 is 1.25 bits per heavy atom. The summed E-state index contributed by atoms with van der Waals surface area (Å²) in [4.78, 5) is 16.7. The Morgan fingerprint density at radius 3 is 2.71 bits per heavy atom. The van der Waals surface area contributed by atoms with Gasteiger partial charge in [-0.2, -0.15) is 5.10 Å². The summed E-state index contributed by atoms with van der Waals surface area (Å²) in [6, 6.07) is 9.15. The van der Waals surface area contributed by atoms with E-state index in [1.165, 1.54) is 19.2 Å². The van der Waals surface area contributed by atoms with Crippen LogP contribution in [0.4, 0.5) is 0 Å². The number of amides is 1. The zero-order valence-corrected chi connectivity index (χ0v) is 14.2. The molecular weight excluding hydrogens is 326 g/mol. The molecule has 2 N–H and O–H groups in total. The summed E-state index contributed by atoms with van der Waals surface area (Å²) in [5.74, 6) is 0.0204. The van der Waals surface area contributed by atoms with Crippen LogP contribution in [0.1, 0.15) is 41.6 Å². The lowest BCUT2D eigenvalue weighted by Gasteiger charge is -2.29. The Hall–Kier alpha value is -1.92. The molecule has 4 rings (SSSR count). The number of benzene rings is 1. The Kier molecular flexibility index (Phi) is 5.16. The second-order valence-corrected chi connectivity index (χ2v) is 6.53. The fourth-order valence-electron chi connectivity index (χ4n) is 3.81. The first-order chi connectivity index (χ1) is 11.3. The third kappa shape index (κ3) is 3.60. The van der Waals surface area contributed by atoms with Crippen molar-refractivity contribution < 1.29 is 4.79 Å². The fourth-order valence-corrected chi connectivity index (χ4v) is 3.81. The van der Waals surface area contributed by atoms with E-state index in [1.54, 1.807) is 11.0 Å². The van der Waals surface area contributed by atoms with Gasteiger partial charge in [-0.1, -0.05) is 18.2 Å². The highest BCUT2D eigenvalue weighted by Crippen LogP contribution is 2.27. The van der Waals surface area contributed by atoms with Crippen LogP contribution in [0.2, 0.25) is 0 Å². The number of hydrogen-bond donors (Lipinski definition) is 2. The van der Waals surface area contributed by atoms with Crippen LogP contribution >= 0.6 is 12.4 Å². The van der Waals surface area contributed by atoms with Crippen LogP contribution in [0, 0.1) is 0 Å². The minimum atomic E-state index is 0. The van der Waals surface area contributed by atoms with Crippen molar-refractivity contribution in [3.8, 4) is 0 Å². The molecule has 24 heavy (non-hydrogen) atoms. The third-order valence-electron chi connectivity index (χ3n) is 4.87. The number of nitrogens with zero attached hydrogens (tertiary/aromatic N) is 3. The minimum absolute atomic E-state index is 0. The summed E-state index contributed by atoms with van der Waals surface area (Å²) in [5, 5.41) is 11.0. The van der Waals surface area contributed by atoms with E-state index in [2.05, 4.69) is 20.7 Å². The second kappa shape index (κ2) is 7.32. The van der Waals surface area contributed by atoms with E-state index < -0.39 is 0 Å². The maximum Gasteiger partial charge on any atom is 0.251 e. The molecule has 0 aliphatic carbocycles. The fraction of sp³-hybridized carbons (Fsp3) is 0.471. The van der Waals surface area contributed by atoms with Gasteiger partial charge in [-0.25, -0.2) is 9.67 Å². The predicted molar refractivity (Wildman–Crippen MR) is 93.2 cm³/mol. The second-order valence-electron chi connectivity index (χ2n) is 6.53. The van der Waals surface area contributed by atoms with E-state index >= 15 is 0 Å². The number of carbonyl (C=O) groups excluding carboxylic acids is 1. The highest BCUT2D eigenvalue weighted by atomic mass is 35.5. The average Bonchev–Trinajstić information content (AvgIpc) is 3.17. The summed E-state index contributed by atoms with van der Waals surface area (Å²) in [6.07, 6.45) is 7.72. The van der Waals surface area contributed by atoms with Crippen molar-refractivity contribution in [2.75, 3.05) is 0 Å². The number of rotatable bonds is 4. The van der Waals surface area contributed by atoms with E-state index in [-0.39, 0.29) is 24.4 Å². The molecule has 1 aromatic heterocycles. The number of fused-ring (bicyclic) bond motifs is 2. The van der Waals surface area contributed by atoms with Crippen LogP contribution in [-0.4, -0.2) is 38.8 Å². The maximum absolute atomic E-state index is 12.7. The predicted octanol–water partition coefficient (Wildman–Crippen LogP) is 1.76. The molecule has 1 aromatic carbocycles. The van der Waals surface area contributed by atoms with E-state index in [0.717, 1.165) is 24.0 Å². The SMILES string of the molecule is Cl.O=C(NC1CC2CCC(C1)N2)c1ccccc1Cn1cncn1. The van der Waals surface area contributed by atoms with Crippen molar-refractivity contribution in [1.82, 2.24) is 25.4 Å². The van der Waals surface area contributed by atoms with Gasteiger partial charge in [0.25, 0.3) is 5.91 Å². The molecule has 2 saturated heterocycles. The summed E-state index contributed by atoms with van der Waals surface area (Å²) in [7, 11) is 0. The molecule has 0 spiro atoms. The molecule has 2 aromatic rings. The molecule has 0 radical (unpaired) electrons. The number of hydrogen-bond acceptors (Lipinski definition) is 4. The summed E-state index contributed by atoms with van der Waals surface area (Å²) in [6.45, 7) is 0.557. The molecule has 2 fully saturated rings. The molecular formula is C17H22ClN5O. The summed E-state index contributed by atoms with van der Waals surface area (Å²) >= 11 is 0. The first-order valence-electron chi connectivity index (χ1n) is 8.25. The van der Waals surface area contributed by atoms with Crippen LogP contribution in [0.15, 0.2) is 36.9 Å². The molecule has 7 heteroatoms. The molecule has 2 unspecified atom stereocenters. The number of piperidine rings is 1. The van der Waals surface area contributed by atoms with Crippen molar-refractivity contribution in [2.24, 2.45) is 0 Å². The highest BCUT2D eigenvalue weighted by Gasteiger charge is 2.34. The minimum Gasteiger partial charge on any atom is -0.349 e. The number of nitrogens with one attached hydrogen (secondary N) is 2. The Balaban J connectivity index is 0.00000169. The van der Waals surface area contributed by atoms with Crippen LogP contribution in [0.25, 0.3) is 0 Å². The van der Waals surface area contributed by atoms with Crippen LogP contribution in [-0.2, 0) is 6.54 Å². The molecule has 2 aliphatic rings. The first kappa shape index (κ1) is 16.9. The van der Waals surface area contributed by atoms with E-state index in [9.17, 15) is 4.79 Å². The normalized spacial score (nSPS) is 25.1. The lowest BCUT2D eigenvalue weighted by Crippen LogP contribution is -2.48. The Labute approximate surface area is 147 Å². The van der Waals surface area contributed by atoms with Crippen molar-refractivity contribution in [3.63, 3.8) is 0 Å². The van der Waals surface area contributed by atoms with Gasteiger partial charge in [-0.05, 0) is 37.3 Å². The van der Waals surface area contributed by atoms with Gasteiger partial charge in [0.2, 0.25) is 0 Å². The van der Waals surface area contributed by atoms with Crippen LogP contribution in [0.5, 0.6) is 0 Å². The first-order valence-corrected chi connectivity index (χ1v) is 8.25. The quantitative estimate of drug-likeness (QED) is 0.884. The lowest BCUT2D eigenvalue weighted by atomic mass is 9.98. The van der Waals surface area contributed by atoms with Crippen molar-refractivity contribution in [2.45, 2.75) is 50.4 Å². The molecule has 2 atom stereocenters. The molecule has 0 saturated carbocycles. The summed E-state index contributed by atoms with van der Waals surface area (Å²) in [5.41, 5.74) is 1.70. The van der Waals surface area contributed by atoms with Gasteiger partial charge in [-0.15, -0.1) is 12.4 Å². The molecule has 2 bridgehead atoms. The molecule has 3 heterocycles. The average molecular weight is 348 g/mol. The smallest absolute Gasteiger partial charge is 0.251 e. The molecule has 2 aliphatic heterocycles. The zero-order chi connectivity index (χ0) is 15.6. The standard InChI is InChI=1S/C17H21N5O.ClH/c23-17(21-15-7-13-5-6-14(8-15)20-13)16-4-2-1-3-12(16)9-22-11-18-10-19-22;/h1-4,10-11,13-15,20H,5-9H2,(H,21,23);1H. The number of carbonyl (C=O) groups is 1. The van der Waals surface area contributed by atoms with E-state index in [4.69, 9.17) is 0 Å². The number of aromatic nitrogens is 3. The van der Waals surface area contributed by atoms with Gasteiger partial charge in [0.15, 0.2) is 0 Å². The Morgan fingerprint density at radius 2 is 2.00 bits per heavy atom. The van der Waals surface area contributed by atoms with Gasteiger partial charge in [0.05, 0.1) is 6.54 Å². The number of halogens is 1. The monoisotopic (exact) mass is 347 g/mol. The lowest BCUT2D eigenvalue weighted by molar-refractivity contribution is 0.0923. The van der Waals surface area contributed by atoms with E-state index in [1.807, 2.05) is 24.3 Å². The molecule has 6 nitrogen and oxygen atoms in total. The van der Waals surface area contributed by atoms with Crippen molar-refractivity contribution in [3.05, 3.63) is 48.0 Å². The van der Waals surface area contributed by atoms with Crippen molar-refractivity contribution in [1.29, 1.82) is 0 Å². The Bertz CT molecular complexity index is 678. The largest absolute Gasteiger partial charge is 0.349 e. The van der Waals surface area contributed by atoms with Gasteiger partial charge < -0.3 is 10.6 Å². The topological polar surface area (TPSA) is 71.8 Å². The van der Waals surface area contributed by atoms with Crippen LogP contribution < -0.4 is 10.6 Å². The maximum atomic E-state index is 12.7. The third-order valence-corrected chi connectivity index (χ3v) is 4.87.